The van der Waals surface area contributed by atoms with Gasteiger partial charge in [-0.15, -0.1) is 11.3 Å². The average Bonchev–Trinajstić information content (AvgIpc) is 2.93. The Morgan fingerprint density at radius 1 is 1.28 bits per heavy atom. The Labute approximate surface area is 150 Å². The van der Waals surface area contributed by atoms with E-state index in [9.17, 15) is 4.79 Å². The van der Waals surface area contributed by atoms with Crippen molar-refractivity contribution in [2.24, 2.45) is 0 Å². The fourth-order valence-corrected chi connectivity index (χ4v) is 4.28. The molecule has 0 saturated carbocycles. The van der Waals surface area contributed by atoms with Crippen LogP contribution in [0.15, 0.2) is 35.4 Å². The molecule has 0 saturated heterocycles. The minimum absolute atomic E-state index is 0.0280. The van der Waals surface area contributed by atoms with Crippen molar-refractivity contribution in [2.75, 3.05) is 6.54 Å². The third kappa shape index (κ3) is 3.27. The summed E-state index contributed by atoms with van der Waals surface area (Å²) in [6.45, 7) is 6.78. The number of pyridine rings is 1. The van der Waals surface area contributed by atoms with Crippen molar-refractivity contribution in [3.05, 3.63) is 67.5 Å². The van der Waals surface area contributed by atoms with Crippen molar-refractivity contribution in [2.45, 2.75) is 33.4 Å². The zero-order chi connectivity index (χ0) is 17.4. The molecule has 0 amide bonds. The molecule has 3 aromatic rings. The fraction of sp³-hybridized carbons (Fsp3) is 0.316. The Hall–Kier alpha value is -2.31. The van der Waals surface area contributed by atoms with Crippen LogP contribution in [0.5, 0.6) is 0 Å². The van der Waals surface area contributed by atoms with Gasteiger partial charge in [-0.3, -0.25) is 14.7 Å². The van der Waals surface area contributed by atoms with Gasteiger partial charge in [-0.1, -0.05) is 0 Å². The SMILES string of the molecule is Cc1cc(CN2CCc3nc(-c4ccncc4)[nH]c(=O)c3C2)c(C)s1. The maximum atomic E-state index is 12.6. The Bertz CT molecular complexity index is 961. The second kappa shape index (κ2) is 6.54. The molecule has 4 rings (SSSR count). The molecular weight excluding hydrogens is 332 g/mol. The molecule has 0 radical (unpaired) electrons. The van der Waals surface area contributed by atoms with Gasteiger partial charge in [0.1, 0.15) is 5.82 Å². The van der Waals surface area contributed by atoms with Crippen molar-refractivity contribution < 1.29 is 0 Å². The summed E-state index contributed by atoms with van der Waals surface area (Å²) < 4.78 is 0. The molecular formula is C19H20N4OS. The number of fused-ring (bicyclic) bond motifs is 1. The lowest BCUT2D eigenvalue weighted by Gasteiger charge is -2.27. The van der Waals surface area contributed by atoms with E-state index in [-0.39, 0.29) is 5.56 Å². The Morgan fingerprint density at radius 3 is 2.80 bits per heavy atom. The van der Waals surface area contributed by atoms with E-state index in [2.05, 4.69) is 34.8 Å². The van der Waals surface area contributed by atoms with Crippen molar-refractivity contribution in [1.29, 1.82) is 0 Å². The van der Waals surface area contributed by atoms with Crippen LogP contribution in [0.2, 0.25) is 0 Å². The molecule has 25 heavy (non-hydrogen) atoms. The second-order valence-corrected chi connectivity index (χ2v) is 7.94. The van der Waals surface area contributed by atoms with Crippen LogP contribution in [-0.2, 0) is 19.5 Å². The number of aromatic nitrogens is 3. The minimum Gasteiger partial charge on any atom is -0.306 e. The predicted molar refractivity (Wildman–Crippen MR) is 99.7 cm³/mol. The lowest BCUT2D eigenvalue weighted by Crippen LogP contribution is -2.35. The van der Waals surface area contributed by atoms with E-state index in [1.54, 1.807) is 12.4 Å². The first-order valence-corrected chi connectivity index (χ1v) is 9.22. The molecule has 4 heterocycles. The Kier molecular flexibility index (Phi) is 4.23. The van der Waals surface area contributed by atoms with Gasteiger partial charge in [-0.2, -0.15) is 0 Å². The number of thiophene rings is 1. The van der Waals surface area contributed by atoms with Crippen LogP contribution in [0.4, 0.5) is 0 Å². The van der Waals surface area contributed by atoms with Crippen molar-refractivity contribution >= 4 is 11.3 Å². The third-order valence-electron chi connectivity index (χ3n) is 4.64. The van der Waals surface area contributed by atoms with E-state index in [0.717, 1.165) is 36.3 Å². The molecule has 128 valence electrons. The highest BCUT2D eigenvalue weighted by atomic mass is 32.1. The molecule has 0 unspecified atom stereocenters. The van der Waals surface area contributed by atoms with Gasteiger partial charge >= 0.3 is 0 Å². The molecule has 1 aliphatic rings. The van der Waals surface area contributed by atoms with Crippen molar-refractivity contribution in [1.82, 2.24) is 19.9 Å². The monoisotopic (exact) mass is 352 g/mol. The smallest absolute Gasteiger partial charge is 0.255 e. The molecule has 6 heteroatoms. The lowest BCUT2D eigenvalue weighted by atomic mass is 10.1. The van der Waals surface area contributed by atoms with E-state index in [4.69, 9.17) is 4.98 Å². The van der Waals surface area contributed by atoms with Crippen LogP contribution in [-0.4, -0.2) is 26.4 Å². The van der Waals surface area contributed by atoms with Gasteiger partial charge in [-0.25, -0.2) is 4.98 Å². The summed E-state index contributed by atoms with van der Waals surface area (Å²) in [7, 11) is 0. The molecule has 0 spiro atoms. The third-order valence-corrected chi connectivity index (χ3v) is 5.65. The van der Waals surface area contributed by atoms with E-state index < -0.39 is 0 Å². The lowest BCUT2D eigenvalue weighted by molar-refractivity contribution is 0.241. The highest BCUT2D eigenvalue weighted by Gasteiger charge is 2.22. The first-order chi connectivity index (χ1) is 12.1. The van der Waals surface area contributed by atoms with E-state index >= 15 is 0 Å². The predicted octanol–water partition coefficient (Wildman–Crippen LogP) is 3.07. The van der Waals surface area contributed by atoms with Gasteiger partial charge in [-0.05, 0) is 37.6 Å². The van der Waals surface area contributed by atoms with Crippen LogP contribution in [0.25, 0.3) is 11.4 Å². The summed E-state index contributed by atoms with van der Waals surface area (Å²) in [6.07, 6.45) is 4.23. The first-order valence-electron chi connectivity index (χ1n) is 8.41. The summed E-state index contributed by atoms with van der Waals surface area (Å²) in [4.78, 5) is 29.3. The number of hydrogen-bond acceptors (Lipinski definition) is 5. The van der Waals surface area contributed by atoms with Crippen molar-refractivity contribution in [3.63, 3.8) is 0 Å². The highest BCUT2D eigenvalue weighted by Crippen LogP contribution is 2.24. The average molecular weight is 352 g/mol. The molecule has 5 nitrogen and oxygen atoms in total. The zero-order valence-electron chi connectivity index (χ0n) is 14.4. The number of nitrogens with zero attached hydrogens (tertiary/aromatic N) is 3. The van der Waals surface area contributed by atoms with Crippen molar-refractivity contribution in [3.8, 4) is 11.4 Å². The zero-order valence-corrected chi connectivity index (χ0v) is 15.2. The number of nitrogens with one attached hydrogen (secondary N) is 1. The fourth-order valence-electron chi connectivity index (χ4n) is 3.34. The molecule has 3 aromatic heterocycles. The molecule has 0 bridgehead atoms. The van der Waals surface area contributed by atoms with E-state index in [1.165, 1.54) is 15.3 Å². The number of rotatable bonds is 3. The molecule has 0 fully saturated rings. The van der Waals surface area contributed by atoms with Gasteiger partial charge in [0, 0.05) is 53.8 Å². The molecule has 0 atom stereocenters. The maximum Gasteiger partial charge on any atom is 0.255 e. The van der Waals surface area contributed by atoms with Crippen LogP contribution < -0.4 is 5.56 Å². The van der Waals surface area contributed by atoms with Crippen LogP contribution in [0.3, 0.4) is 0 Å². The van der Waals surface area contributed by atoms with E-state index in [0.29, 0.717) is 12.4 Å². The first kappa shape index (κ1) is 16.2. The normalized spacial score (nSPS) is 14.5. The number of H-pyrrole nitrogens is 1. The maximum absolute atomic E-state index is 12.6. The highest BCUT2D eigenvalue weighted by molar-refractivity contribution is 7.12. The molecule has 1 N–H and O–H groups in total. The second-order valence-electron chi connectivity index (χ2n) is 6.47. The quantitative estimate of drug-likeness (QED) is 0.787. The Balaban J connectivity index is 1.59. The van der Waals surface area contributed by atoms with Crippen LogP contribution in [0, 0.1) is 13.8 Å². The Morgan fingerprint density at radius 2 is 2.08 bits per heavy atom. The summed E-state index contributed by atoms with van der Waals surface area (Å²) in [5.41, 5.74) is 3.95. The summed E-state index contributed by atoms with van der Waals surface area (Å²) in [6, 6.07) is 5.98. The topological polar surface area (TPSA) is 61.9 Å². The van der Waals surface area contributed by atoms with Gasteiger partial charge in [0.25, 0.3) is 5.56 Å². The van der Waals surface area contributed by atoms with Crippen LogP contribution >= 0.6 is 11.3 Å². The number of aryl methyl sites for hydroxylation is 2. The van der Waals surface area contributed by atoms with Crippen LogP contribution in [0.1, 0.15) is 26.6 Å². The number of aromatic amines is 1. The van der Waals surface area contributed by atoms with Gasteiger partial charge < -0.3 is 4.98 Å². The summed E-state index contributed by atoms with van der Waals surface area (Å²) >= 11 is 1.83. The molecule has 1 aliphatic heterocycles. The number of hydrogen-bond donors (Lipinski definition) is 1. The van der Waals surface area contributed by atoms with Gasteiger partial charge in [0.05, 0.1) is 11.3 Å². The standard InChI is InChI=1S/C19H20N4OS/c1-12-9-15(13(2)25-12)10-23-8-5-17-16(11-23)19(24)22-18(21-17)14-3-6-20-7-4-14/h3-4,6-7,9H,5,8,10-11H2,1-2H3,(H,21,22,24). The van der Waals surface area contributed by atoms with Gasteiger partial charge in [0.15, 0.2) is 0 Å². The minimum atomic E-state index is -0.0280. The summed E-state index contributed by atoms with van der Waals surface area (Å²) in [5.74, 6) is 0.629. The molecule has 0 aromatic carbocycles. The van der Waals surface area contributed by atoms with E-state index in [1.807, 2.05) is 23.5 Å². The van der Waals surface area contributed by atoms with Gasteiger partial charge in [0.2, 0.25) is 0 Å². The summed E-state index contributed by atoms with van der Waals surface area (Å²) in [5, 5.41) is 0. The molecule has 0 aliphatic carbocycles. The largest absolute Gasteiger partial charge is 0.306 e.